The van der Waals surface area contributed by atoms with Crippen molar-refractivity contribution in [3.63, 3.8) is 0 Å². The highest BCUT2D eigenvalue weighted by molar-refractivity contribution is 6.30. The molecule has 2 rings (SSSR count). The molecule has 6 heteroatoms. The number of carbonyl (C=O) groups excluding carboxylic acids is 2. The van der Waals surface area contributed by atoms with Crippen molar-refractivity contribution in [2.45, 2.75) is 39.3 Å². The lowest BCUT2D eigenvalue weighted by atomic mass is 10.1. The SMILES string of the molecule is CCCNC(=O)C(CC)N(Cc1ccccc1)C(=O)COc1cccc(Cl)c1. The number of carbonyl (C=O) groups is 2. The zero-order chi connectivity index (χ0) is 20.4. The number of halogens is 1. The number of nitrogens with zero attached hydrogens (tertiary/aromatic N) is 1. The molecule has 28 heavy (non-hydrogen) atoms. The van der Waals surface area contributed by atoms with Crippen molar-refractivity contribution < 1.29 is 14.3 Å². The Balaban J connectivity index is 2.15. The summed E-state index contributed by atoms with van der Waals surface area (Å²) in [5, 5.41) is 3.43. The van der Waals surface area contributed by atoms with Crippen LogP contribution in [0.2, 0.25) is 5.02 Å². The minimum Gasteiger partial charge on any atom is -0.484 e. The van der Waals surface area contributed by atoms with Crippen molar-refractivity contribution in [3.05, 3.63) is 65.2 Å². The highest BCUT2D eigenvalue weighted by Crippen LogP contribution is 2.18. The van der Waals surface area contributed by atoms with Gasteiger partial charge in [-0.25, -0.2) is 0 Å². The van der Waals surface area contributed by atoms with Crippen molar-refractivity contribution in [1.29, 1.82) is 0 Å². The highest BCUT2D eigenvalue weighted by Gasteiger charge is 2.28. The van der Waals surface area contributed by atoms with Gasteiger partial charge in [0.05, 0.1) is 0 Å². The Hall–Kier alpha value is -2.53. The maximum Gasteiger partial charge on any atom is 0.261 e. The van der Waals surface area contributed by atoms with Crippen LogP contribution in [0.3, 0.4) is 0 Å². The Morgan fingerprint density at radius 3 is 2.50 bits per heavy atom. The molecule has 0 heterocycles. The number of hydrogen-bond acceptors (Lipinski definition) is 3. The summed E-state index contributed by atoms with van der Waals surface area (Å²) in [6, 6.07) is 16.0. The Labute approximate surface area is 171 Å². The quantitative estimate of drug-likeness (QED) is 0.652. The van der Waals surface area contributed by atoms with E-state index in [-0.39, 0.29) is 18.4 Å². The number of amides is 2. The lowest BCUT2D eigenvalue weighted by molar-refractivity contribution is -0.143. The fourth-order valence-electron chi connectivity index (χ4n) is 2.85. The van der Waals surface area contributed by atoms with Crippen LogP contribution in [0.1, 0.15) is 32.3 Å². The smallest absolute Gasteiger partial charge is 0.261 e. The Morgan fingerprint density at radius 1 is 1.11 bits per heavy atom. The largest absolute Gasteiger partial charge is 0.484 e. The molecule has 1 atom stereocenters. The minimum atomic E-state index is -0.554. The summed E-state index contributed by atoms with van der Waals surface area (Å²) < 4.78 is 5.62. The number of ether oxygens (including phenoxy) is 1. The zero-order valence-corrected chi connectivity index (χ0v) is 17.1. The van der Waals surface area contributed by atoms with E-state index in [1.165, 1.54) is 0 Å². The Bertz CT molecular complexity index is 767. The third-order valence-electron chi connectivity index (χ3n) is 4.29. The molecule has 0 aromatic heterocycles. The van der Waals surface area contributed by atoms with Gasteiger partial charge in [0.2, 0.25) is 5.91 Å². The summed E-state index contributed by atoms with van der Waals surface area (Å²) in [6.45, 7) is 4.66. The third kappa shape index (κ3) is 6.57. The summed E-state index contributed by atoms with van der Waals surface area (Å²) in [7, 11) is 0. The van der Waals surface area contributed by atoms with Gasteiger partial charge in [0.25, 0.3) is 5.91 Å². The zero-order valence-electron chi connectivity index (χ0n) is 16.4. The summed E-state index contributed by atoms with van der Waals surface area (Å²) in [5.74, 6) is 0.128. The normalized spacial score (nSPS) is 11.5. The predicted octanol–water partition coefficient (Wildman–Crippen LogP) is 4.05. The van der Waals surface area contributed by atoms with Crippen LogP contribution in [0.4, 0.5) is 0 Å². The van der Waals surface area contributed by atoms with Crippen LogP contribution in [0.5, 0.6) is 5.75 Å². The minimum absolute atomic E-state index is 0.142. The molecule has 0 saturated carbocycles. The molecule has 1 N–H and O–H groups in total. The summed E-state index contributed by atoms with van der Waals surface area (Å²) in [6.07, 6.45) is 1.36. The molecule has 2 aromatic carbocycles. The van der Waals surface area contributed by atoms with Crippen LogP contribution in [-0.4, -0.2) is 35.9 Å². The molecule has 0 spiro atoms. The number of nitrogens with one attached hydrogen (secondary N) is 1. The average molecular weight is 403 g/mol. The molecular weight excluding hydrogens is 376 g/mol. The van der Waals surface area contributed by atoms with Gasteiger partial charge in [-0.3, -0.25) is 9.59 Å². The van der Waals surface area contributed by atoms with Gasteiger partial charge in [0.1, 0.15) is 11.8 Å². The maximum atomic E-state index is 13.0. The molecule has 5 nitrogen and oxygen atoms in total. The predicted molar refractivity (Wildman–Crippen MR) is 111 cm³/mol. The van der Waals surface area contributed by atoms with Crippen LogP contribution < -0.4 is 10.1 Å². The van der Waals surface area contributed by atoms with E-state index < -0.39 is 6.04 Å². The van der Waals surface area contributed by atoms with Crippen molar-refractivity contribution in [2.75, 3.05) is 13.2 Å². The van der Waals surface area contributed by atoms with Gasteiger partial charge in [0.15, 0.2) is 6.61 Å². The van der Waals surface area contributed by atoms with E-state index in [1.807, 2.05) is 44.2 Å². The maximum absolute atomic E-state index is 13.0. The van der Waals surface area contributed by atoms with Gasteiger partial charge < -0.3 is 15.0 Å². The topological polar surface area (TPSA) is 58.6 Å². The lowest BCUT2D eigenvalue weighted by Crippen LogP contribution is -2.50. The second-order valence-electron chi connectivity index (χ2n) is 6.47. The van der Waals surface area contributed by atoms with E-state index in [0.717, 1.165) is 12.0 Å². The number of benzene rings is 2. The summed E-state index contributed by atoms with van der Waals surface area (Å²) in [5.41, 5.74) is 0.959. The van der Waals surface area contributed by atoms with E-state index in [1.54, 1.807) is 29.2 Å². The van der Waals surface area contributed by atoms with Crippen LogP contribution >= 0.6 is 11.6 Å². The van der Waals surface area contributed by atoms with E-state index in [0.29, 0.717) is 30.3 Å². The van der Waals surface area contributed by atoms with E-state index in [9.17, 15) is 9.59 Å². The second-order valence-corrected chi connectivity index (χ2v) is 6.90. The molecule has 0 saturated heterocycles. The first-order chi connectivity index (χ1) is 13.5. The van der Waals surface area contributed by atoms with Crippen molar-refractivity contribution >= 4 is 23.4 Å². The summed E-state index contributed by atoms with van der Waals surface area (Å²) >= 11 is 5.96. The van der Waals surface area contributed by atoms with Crippen molar-refractivity contribution in [2.24, 2.45) is 0 Å². The fourth-order valence-corrected chi connectivity index (χ4v) is 3.03. The molecule has 1 unspecified atom stereocenters. The van der Waals surface area contributed by atoms with Crippen molar-refractivity contribution in [3.8, 4) is 5.75 Å². The summed E-state index contributed by atoms with van der Waals surface area (Å²) in [4.78, 5) is 27.2. The molecule has 2 amide bonds. The molecule has 0 aliphatic heterocycles. The van der Waals surface area contributed by atoms with E-state index in [2.05, 4.69) is 5.32 Å². The fraction of sp³-hybridized carbons (Fsp3) is 0.364. The van der Waals surface area contributed by atoms with E-state index in [4.69, 9.17) is 16.3 Å². The first-order valence-electron chi connectivity index (χ1n) is 9.54. The number of hydrogen-bond donors (Lipinski definition) is 1. The standard InChI is InChI=1S/C22H27ClN2O3/c1-3-13-24-22(27)20(4-2)25(15-17-9-6-5-7-10-17)21(26)16-28-19-12-8-11-18(23)14-19/h5-12,14,20H,3-4,13,15-16H2,1-2H3,(H,24,27). The van der Waals surface area contributed by atoms with Crippen molar-refractivity contribution in [1.82, 2.24) is 10.2 Å². The van der Waals surface area contributed by atoms with Crippen LogP contribution in [-0.2, 0) is 16.1 Å². The lowest BCUT2D eigenvalue weighted by Gasteiger charge is -2.30. The van der Waals surface area contributed by atoms with Crippen LogP contribution in [0.15, 0.2) is 54.6 Å². The van der Waals surface area contributed by atoms with E-state index >= 15 is 0 Å². The van der Waals surface area contributed by atoms with Crippen LogP contribution in [0.25, 0.3) is 0 Å². The first-order valence-corrected chi connectivity index (χ1v) is 9.92. The van der Waals surface area contributed by atoms with Gasteiger partial charge >= 0.3 is 0 Å². The molecule has 0 radical (unpaired) electrons. The van der Waals surface area contributed by atoms with Gasteiger partial charge in [-0.1, -0.05) is 61.8 Å². The molecular formula is C22H27ClN2O3. The third-order valence-corrected chi connectivity index (χ3v) is 4.52. The van der Waals surface area contributed by atoms with Gasteiger partial charge in [-0.2, -0.15) is 0 Å². The van der Waals surface area contributed by atoms with Crippen LogP contribution in [0, 0.1) is 0 Å². The molecule has 0 aliphatic carbocycles. The highest BCUT2D eigenvalue weighted by atomic mass is 35.5. The number of rotatable bonds is 10. The molecule has 150 valence electrons. The first kappa shape index (κ1) is 21.8. The van der Waals surface area contributed by atoms with Gasteiger partial charge in [0, 0.05) is 18.1 Å². The Morgan fingerprint density at radius 2 is 1.86 bits per heavy atom. The molecule has 0 aliphatic rings. The van der Waals surface area contributed by atoms with Gasteiger partial charge in [-0.15, -0.1) is 0 Å². The average Bonchev–Trinajstić information content (AvgIpc) is 2.71. The Kier molecular flexibility index (Phi) is 8.82. The molecule has 0 bridgehead atoms. The monoisotopic (exact) mass is 402 g/mol. The molecule has 0 fully saturated rings. The van der Waals surface area contributed by atoms with Gasteiger partial charge in [-0.05, 0) is 36.6 Å². The molecule has 2 aromatic rings. The second kappa shape index (κ2) is 11.3.